The highest BCUT2D eigenvalue weighted by Crippen LogP contribution is 2.16. The van der Waals surface area contributed by atoms with E-state index in [0.717, 1.165) is 18.4 Å². The van der Waals surface area contributed by atoms with Crippen molar-refractivity contribution >= 4 is 12.1 Å². The molecule has 0 aromatic heterocycles. The zero-order chi connectivity index (χ0) is 18.2. The lowest BCUT2D eigenvalue weighted by molar-refractivity contribution is -0.143. The molecule has 0 fully saturated rings. The summed E-state index contributed by atoms with van der Waals surface area (Å²) in [6.07, 6.45) is 1.38. The van der Waals surface area contributed by atoms with E-state index in [1.165, 1.54) is 0 Å². The number of hydrogen-bond donors (Lipinski definition) is 0. The number of benzene rings is 1. The summed E-state index contributed by atoms with van der Waals surface area (Å²) in [6.45, 7) is 10.0. The van der Waals surface area contributed by atoms with Crippen molar-refractivity contribution < 1.29 is 23.8 Å². The molecule has 24 heavy (non-hydrogen) atoms. The van der Waals surface area contributed by atoms with E-state index in [1.54, 1.807) is 45.0 Å². The molecule has 0 bridgehead atoms. The molecular weight excluding hydrogens is 308 g/mol. The van der Waals surface area contributed by atoms with Crippen LogP contribution in [-0.4, -0.2) is 24.3 Å². The molecule has 0 radical (unpaired) electrons. The predicted octanol–water partition coefficient (Wildman–Crippen LogP) is 4.52. The lowest BCUT2D eigenvalue weighted by Crippen LogP contribution is -2.25. The van der Waals surface area contributed by atoms with Crippen LogP contribution >= 0.6 is 0 Å². The summed E-state index contributed by atoms with van der Waals surface area (Å²) in [5, 5.41) is 0. The minimum Gasteiger partial charge on any atom is -0.465 e. The summed E-state index contributed by atoms with van der Waals surface area (Å²) in [5.41, 5.74) is 0.205. The summed E-state index contributed by atoms with van der Waals surface area (Å²) in [7, 11) is 0. The van der Waals surface area contributed by atoms with E-state index < -0.39 is 11.8 Å². The van der Waals surface area contributed by atoms with Gasteiger partial charge in [0.1, 0.15) is 11.4 Å². The van der Waals surface area contributed by atoms with Crippen LogP contribution < -0.4 is 4.74 Å². The van der Waals surface area contributed by atoms with Crippen molar-refractivity contribution in [1.29, 1.82) is 0 Å². The Balaban J connectivity index is 2.39. The highest BCUT2D eigenvalue weighted by molar-refractivity contribution is 5.72. The molecule has 1 aromatic carbocycles. The largest absolute Gasteiger partial charge is 0.514 e. The summed E-state index contributed by atoms with van der Waals surface area (Å²) >= 11 is 0. The molecule has 0 aliphatic heterocycles. The van der Waals surface area contributed by atoms with Crippen molar-refractivity contribution in [2.45, 2.75) is 59.5 Å². The van der Waals surface area contributed by atoms with Crippen LogP contribution in [0, 0.1) is 5.92 Å². The smallest absolute Gasteiger partial charge is 0.465 e. The molecule has 0 N–H and O–H groups in total. The van der Waals surface area contributed by atoms with Gasteiger partial charge in [-0.1, -0.05) is 26.0 Å². The Hall–Kier alpha value is -2.04. The van der Waals surface area contributed by atoms with Gasteiger partial charge in [0.05, 0.1) is 13.0 Å². The first-order valence-electron chi connectivity index (χ1n) is 8.31. The lowest BCUT2D eigenvalue weighted by Gasteiger charge is -2.18. The topological polar surface area (TPSA) is 61.8 Å². The highest BCUT2D eigenvalue weighted by atomic mass is 16.7. The molecule has 5 nitrogen and oxygen atoms in total. The van der Waals surface area contributed by atoms with Gasteiger partial charge in [-0.3, -0.25) is 4.79 Å². The van der Waals surface area contributed by atoms with Crippen molar-refractivity contribution in [2.75, 3.05) is 6.61 Å². The van der Waals surface area contributed by atoms with Gasteiger partial charge in [0.2, 0.25) is 0 Å². The maximum absolute atomic E-state index is 11.7. The van der Waals surface area contributed by atoms with E-state index in [2.05, 4.69) is 13.8 Å². The van der Waals surface area contributed by atoms with Crippen molar-refractivity contribution in [3.63, 3.8) is 0 Å². The van der Waals surface area contributed by atoms with Crippen molar-refractivity contribution in [2.24, 2.45) is 5.92 Å². The van der Waals surface area contributed by atoms with Crippen molar-refractivity contribution in [3.8, 4) is 5.75 Å². The fraction of sp³-hybridized carbons (Fsp3) is 0.579. The van der Waals surface area contributed by atoms with Gasteiger partial charge >= 0.3 is 12.1 Å². The monoisotopic (exact) mass is 336 g/mol. The SMILES string of the molecule is CC(C)CCCOC(=O)Cc1ccc(OC(=O)OC(C)(C)C)cc1. The first-order valence-corrected chi connectivity index (χ1v) is 8.31. The third kappa shape index (κ3) is 9.18. The minimum atomic E-state index is -0.750. The van der Waals surface area contributed by atoms with E-state index in [0.29, 0.717) is 18.3 Å². The van der Waals surface area contributed by atoms with E-state index in [9.17, 15) is 9.59 Å². The lowest BCUT2D eigenvalue weighted by atomic mass is 10.1. The molecule has 0 aliphatic rings. The standard InChI is InChI=1S/C19H28O5/c1-14(2)7-6-12-22-17(20)13-15-8-10-16(11-9-15)23-18(21)24-19(3,4)5/h8-11,14H,6-7,12-13H2,1-5H3. The van der Waals surface area contributed by atoms with Crippen LogP contribution in [0.2, 0.25) is 0 Å². The van der Waals surface area contributed by atoms with Crippen molar-refractivity contribution in [3.05, 3.63) is 29.8 Å². The maximum atomic E-state index is 11.7. The zero-order valence-electron chi connectivity index (χ0n) is 15.3. The first kappa shape index (κ1) is 20.0. The molecule has 134 valence electrons. The second-order valence-corrected chi connectivity index (χ2v) is 7.14. The Bertz CT molecular complexity index is 526. The highest BCUT2D eigenvalue weighted by Gasteiger charge is 2.18. The Morgan fingerprint density at radius 2 is 1.71 bits per heavy atom. The third-order valence-electron chi connectivity index (χ3n) is 3.05. The first-order chi connectivity index (χ1) is 11.2. The van der Waals surface area contributed by atoms with Crippen LogP contribution in [0.1, 0.15) is 53.0 Å². The van der Waals surface area contributed by atoms with Gasteiger partial charge < -0.3 is 14.2 Å². The molecule has 0 amide bonds. The molecule has 0 atom stereocenters. The average molecular weight is 336 g/mol. The van der Waals surface area contributed by atoms with Crippen molar-refractivity contribution in [1.82, 2.24) is 0 Å². The predicted molar refractivity (Wildman–Crippen MR) is 92.0 cm³/mol. The number of carbonyl (C=O) groups is 2. The van der Waals surface area contributed by atoms with Gasteiger partial charge in [-0.2, -0.15) is 0 Å². The maximum Gasteiger partial charge on any atom is 0.514 e. The van der Waals surface area contributed by atoms with E-state index in [1.807, 2.05) is 0 Å². The Kier molecular flexibility index (Phi) is 7.75. The second-order valence-electron chi connectivity index (χ2n) is 7.14. The summed E-state index contributed by atoms with van der Waals surface area (Å²) in [4.78, 5) is 23.3. The average Bonchev–Trinajstić information content (AvgIpc) is 2.43. The van der Waals surface area contributed by atoms with Crippen LogP contribution in [0.15, 0.2) is 24.3 Å². The molecular formula is C19H28O5. The van der Waals surface area contributed by atoms with Gasteiger partial charge in [-0.15, -0.1) is 0 Å². The van der Waals surface area contributed by atoms with Gasteiger partial charge in [-0.05, 0) is 57.2 Å². The molecule has 1 aromatic rings. The molecule has 0 unspecified atom stereocenters. The molecule has 0 heterocycles. The fourth-order valence-corrected chi connectivity index (χ4v) is 1.94. The number of hydrogen-bond acceptors (Lipinski definition) is 5. The van der Waals surface area contributed by atoms with Crippen LogP contribution in [0.4, 0.5) is 4.79 Å². The van der Waals surface area contributed by atoms with Gasteiger partial charge in [-0.25, -0.2) is 4.79 Å². The second kappa shape index (κ2) is 9.30. The van der Waals surface area contributed by atoms with Gasteiger partial charge in [0.25, 0.3) is 0 Å². The summed E-state index contributed by atoms with van der Waals surface area (Å²) < 4.78 is 15.3. The number of carbonyl (C=O) groups excluding carboxylic acids is 2. The molecule has 0 saturated carbocycles. The number of ether oxygens (including phenoxy) is 3. The zero-order valence-corrected chi connectivity index (χ0v) is 15.3. The Labute approximate surface area is 144 Å². The summed E-state index contributed by atoms with van der Waals surface area (Å²) in [6, 6.07) is 6.72. The molecule has 0 aliphatic carbocycles. The Morgan fingerprint density at radius 1 is 1.08 bits per heavy atom. The van der Waals surface area contributed by atoms with Crippen LogP contribution in [0.3, 0.4) is 0 Å². The van der Waals surface area contributed by atoms with Gasteiger partial charge in [0.15, 0.2) is 0 Å². The minimum absolute atomic E-state index is 0.203. The normalized spacial score (nSPS) is 11.2. The van der Waals surface area contributed by atoms with Crippen LogP contribution in [0.5, 0.6) is 5.75 Å². The summed E-state index contributed by atoms with van der Waals surface area (Å²) in [5.74, 6) is 0.735. The molecule has 5 heteroatoms. The molecule has 0 saturated heterocycles. The number of rotatable bonds is 7. The van der Waals surface area contributed by atoms with Crippen LogP contribution in [0.25, 0.3) is 0 Å². The van der Waals surface area contributed by atoms with Gasteiger partial charge in [0, 0.05) is 0 Å². The van der Waals surface area contributed by atoms with Crippen LogP contribution in [-0.2, 0) is 20.7 Å². The van der Waals surface area contributed by atoms with E-state index >= 15 is 0 Å². The van der Waals surface area contributed by atoms with E-state index in [-0.39, 0.29) is 12.4 Å². The molecule has 1 rings (SSSR count). The Morgan fingerprint density at radius 3 is 2.25 bits per heavy atom. The number of esters is 1. The fourth-order valence-electron chi connectivity index (χ4n) is 1.94. The van der Waals surface area contributed by atoms with E-state index in [4.69, 9.17) is 14.2 Å². The molecule has 0 spiro atoms. The quantitative estimate of drug-likeness (QED) is 0.416. The third-order valence-corrected chi connectivity index (χ3v) is 3.05.